The SMILES string of the molecule is Cc1ccc(N2C(=S)NC(c3ccccn3)C2c2cc(C)n(-c3cccc4ccccc34)c2C)cc1. The third-order valence-corrected chi connectivity index (χ3v) is 7.52. The Morgan fingerprint density at radius 3 is 2.36 bits per heavy atom. The van der Waals surface area contributed by atoms with E-state index in [1.165, 1.54) is 39.0 Å². The minimum atomic E-state index is -0.0681. The van der Waals surface area contributed by atoms with Gasteiger partial charge in [-0.05, 0) is 80.3 Å². The molecule has 2 unspecified atom stereocenters. The molecule has 2 atom stereocenters. The number of hydrogen-bond acceptors (Lipinski definition) is 2. The van der Waals surface area contributed by atoms with Gasteiger partial charge in [-0.25, -0.2) is 0 Å². The molecule has 178 valence electrons. The van der Waals surface area contributed by atoms with E-state index in [-0.39, 0.29) is 12.1 Å². The van der Waals surface area contributed by atoms with Crippen molar-refractivity contribution in [2.75, 3.05) is 4.90 Å². The summed E-state index contributed by atoms with van der Waals surface area (Å²) < 4.78 is 2.38. The smallest absolute Gasteiger partial charge is 0.174 e. The Balaban J connectivity index is 1.55. The lowest BCUT2D eigenvalue weighted by Gasteiger charge is -2.28. The van der Waals surface area contributed by atoms with E-state index < -0.39 is 0 Å². The second-order valence-corrected chi connectivity index (χ2v) is 9.88. The van der Waals surface area contributed by atoms with Crippen LogP contribution in [0.3, 0.4) is 0 Å². The van der Waals surface area contributed by atoms with Gasteiger partial charge in [0.1, 0.15) is 0 Å². The average molecular weight is 489 g/mol. The summed E-state index contributed by atoms with van der Waals surface area (Å²) in [7, 11) is 0. The first-order valence-corrected chi connectivity index (χ1v) is 12.7. The molecule has 3 heterocycles. The van der Waals surface area contributed by atoms with Crippen LogP contribution in [0, 0.1) is 20.8 Å². The molecule has 1 fully saturated rings. The summed E-state index contributed by atoms with van der Waals surface area (Å²) in [4.78, 5) is 6.97. The first-order valence-electron chi connectivity index (χ1n) is 12.3. The van der Waals surface area contributed by atoms with Crippen LogP contribution in [0.4, 0.5) is 5.69 Å². The second kappa shape index (κ2) is 8.92. The number of aromatic nitrogens is 2. The molecule has 0 aliphatic carbocycles. The average Bonchev–Trinajstić information content (AvgIpc) is 3.39. The van der Waals surface area contributed by atoms with E-state index in [0.29, 0.717) is 0 Å². The lowest BCUT2D eigenvalue weighted by molar-refractivity contribution is 0.565. The van der Waals surface area contributed by atoms with Crippen LogP contribution in [0.1, 0.15) is 40.3 Å². The number of hydrogen-bond donors (Lipinski definition) is 1. The maximum absolute atomic E-state index is 5.93. The van der Waals surface area contributed by atoms with Crippen LogP contribution >= 0.6 is 12.2 Å². The standard InChI is InChI=1S/C31H28N4S/c1-20-14-16-24(17-15-20)35-30(29(33-31(35)36)27-12-6-7-18-32-27)26-19-21(2)34(22(26)3)28-13-8-10-23-9-4-5-11-25(23)28/h4-19,29-30H,1-3H3,(H,33,36). The Morgan fingerprint density at radius 2 is 1.58 bits per heavy atom. The number of thiocarbonyl (C=S) groups is 1. The fourth-order valence-corrected chi connectivity index (χ4v) is 5.86. The van der Waals surface area contributed by atoms with E-state index in [1.807, 2.05) is 18.3 Å². The van der Waals surface area contributed by atoms with Crippen LogP contribution in [0.5, 0.6) is 0 Å². The molecule has 3 aromatic carbocycles. The minimum Gasteiger partial charge on any atom is -0.351 e. The highest BCUT2D eigenvalue weighted by molar-refractivity contribution is 7.80. The molecule has 1 saturated heterocycles. The Labute approximate surface area is 217 Å². The molecule has 0 saturated carbocycles. The summed E-state index contributed by atoms with van der Waals surface area (Å²) in [6, 6.07) is 32.0. The molecule has 5 heteroatoms. The van der Waals surface area contributed by atoms with E-state index in [1.54, 1.807) is 0 Å². The molecule has 2 aromatic heterocycles. The normalized spacial score (nSPS) is 17.5. The van der Waals surface area contributed by atoms with Crippen LogP contribution in [-0.4, -0.2) is 14.7 Å². The number of aryl methyl sites for hydroxylation is 2. The summed E-state index contributed by atoms with van der Waals surface area (Å²) in [5, 5.41) is 6.79. The minimum absolute atomic E-state index is 0.0370. The van der Waals surface area contributed by atoms with Crippen molar-refractivity contribution in [1.82, 2.24) is 14.9 Å². The van der Waals surface area contributed by atoms with E-state index in [0.717, 1.165) is 16.5 Å². The fourth-order valence-electron chi connectivity index (χ4n) is 5.52. The number of anilines is 1. The highest BCUT2D eigenvalue weighted by Gasteiger charge is 2.42. The number of rotatable bonds is 4. The molecule has 1 aliphatic heterocycles. The number of pyridine rings is 1. The highest BCUT2D eigenvalue weighted by Crippen LogP contribution is 2.44. The Bertz CT molecular complexity index is 1560. The van der Waals surface area contributed by atoms with Crippen LogP contribution < -0.4 is 10.2 Å². The summed E-state index contributed by atoms with van der Waals surface area (Å²) >= 11 is 5.93. The molecule has 1 N–H and O–H groups in total. The number of benzene rings is 3. The Hall–Kier alpha value is -3.96. The summed E-state index contributed by atoms with van der Waals surface area (Å²) in [6.07, 6.45) is 1.85. The lowest BCUT2D eigenvalue weighted by Crippen LogP contribution is -2.29. The van der Waals surface area contributed by atoms with Crippen molar-refractivity contribution >= 4 is 33.8 Å². The zero-order valence-corrected chi connectivity index (χ0v) is 21.5. The molecule has 1 aliphatic rings. The quantitative estimate of drug-likeness (QED) is 0.273. The number of fused-ring (bicyclic) bond motifs is 1. The van der Waals surface area contributed by atoms with Crippen LogP contribution in [0.15, 0.2) is 97.2 Å². The Morgan fingerprint density at radius 1 is 0.833 bits per heavy atom. The van der Waals surface area contributed by atoms with Gasteiger partial charge in [-0.3, -0.25) is 4.98 Å². The first kappa shape index (κ1) is 22.5. The zero-order chi connectivity index (χ0) is 24.8. The van der Waals surface area contributed by atoms with Crippen LogP contribution in [-0.2, 0) is 0 Å². The van der Waals surface area contributed by atoms with Gasteiger partial charge < -0.3 is 14.8 Å². The summed E-state index contributed by atoms with van der Waals surface area (Å²) in [5.74, 6) is 0. The van der Waals surface area contributed by atoms with Gasteiger partial charge in [-0.2, -0.15) is 0 Å². The molecule has 4 nitrogen and oxygen atoms in total. The molecule has 6 rings (SSSR count). The molecule has 0 bridgehead atoms. The molecular formula is C31H28N4S. The lowest BCUT2D eigenvalue weighted by atomic mass is 9.96. The molecule has 0 spiro atoms. The molecule has 0 radical (unpaired) electrons. The number of nitrogens with zero attached hydrogens (tertiary/aromatic N) is 3. The predicted octanol–water partition coefficient (Wildman–Crippen LogP) is 7.13. The monoisotopic (exact) mass is 488 g/mol. The number of nitrogens with one attached hydrogen (secondary N) is 1. The van der Waals surface area contributed by atoms with Crippen molar-refractivity contribution < 1.29 is 0 Å². The third-order valence-electron chi connectivity index (χ3n) is 7.21. The van der Waals surface area contributed by atoms with Crippen molar-refractivity contribution in [3.8, 4) is 5.69 Å². The van der Waals surface area contributed by atoms with Gasteiger partial charge >= 0.3 is 0 Å². The van der Waals surface area contributed by atoms with E-state index in [4.69, 9.17) is 17.2 Å². The van der Waals surface area contributed by atoms with Crippen molar-refractivity contribution in [1.29, 1.82) is 0 Å². The topological polar surface area (TPSA) is 33.1 Å². The van der Waals surface area contributed by atoms with E-state index in [2.05, 4.69) is 114 Å². The van der Waals surface area contributed by atoms with E-state index >= 15 is 0 Å². The third kappa shape index (κ3) is 3.67. The summed E-state index contributed by atoms with van der Waals surface area (Å²) in [5.41, 5.74) is 8.12. The van der Waals surface area contributed by atoms with Crippen LogP contribution in [0.2, 0.25) is 0 Å². The predicted molar refractivity (Wildman–Crippen MR) is 152 cm³/mol. The van der Waals surface area contributed by atoms with Crippen molar-refractivity contribution in [2.45, 2.75) is 32.9 Å². The van der Waals surface area contributed by atoms with Gasteiger partial charge in [-0.1, -0.05) is 60.2 Å². The van der Waals surface area contributed by atoms with Crippen molar-refractivity contribution in [2.24, 2.45) is 0 Å². The van der Waals surface area contributed by atoms with Gasteiger partial charge in [0.2, 0.25) is 0 Å². The summed E-state index contributed by atoms with van der Waals surface area (Å²) in [6.45, 7) is 6.51. The van der Waals surface area contributed by atoms with Gasteiger partial charge in [0.25, 0.3) is 0 Å². The maximum Gasteiger partial charge on any atom is 0.174 e. The zero-order valence-electron chi connectivity index (χ0n) is 20.6. The van der Waals surface area contributed by atoms with Crippen LogP contribution in [0.25, 0.3) is 16.5 Å². The largest absolute Gasteiger partial charge is 0.351 e. The fraction of sp³-hybridized carbons (Fsp3) is 0.161. The molecule has 5 aromatic rings. The molecular weight excluding hydrogens is 460 g/mol. The van der Waals surface area contributed by atoms with Gasteiger partial charge in [0.05, 0.1) is 23.5 Å². The van der Waals surface area contributed by atoms with Gasteiger partial charge in [0, 0.05) is 28.7 Å². The Kier molecular flexibility index (Phi) is 5.57. The van der Waals surface area contributed by atoms with Crippen molar-refractivity contribution in [3.05, 3.63) is 125 Å². The van der Waals surface area contributed by atoms with Gasteiger partial charge in [0.15, 0.2) is 5.11 Å². The van der Waals surface area contributed by atoms with E-state index in [9.17, 15) is 0 Å². The maximum atomic E-state index is 5.93. The first-order chi connectivity index (χ1) is 17.5. The van der Waals surface area contributed by atoms with Gasteiger partial charge in [-0.15, -0.1) is 0 Å². The molecule has 0 amide bonds. The second-order valence-electron chi connectivity index (χ2n) is 9.49. The van der Waals surface area contributed by atoms with Crippen molar-refractivity contribution in [3.63, 3.8) is 0 Å². The molecule has 36 heavy (non-hydrogen) atoms. The highest BCUT2D eigenvalue weighted by atomic mass is 32.1.